The molecule has 0 aliphatic carbocycles. The second-order valence-electron chi connectivity index (χ2n) is 7.03. The third kappa shape index (κ3) is 5.30. The maximum Gasteiger partial charge on any atom is 0.225 e. The van der Waals surface area contributed by atoms with Crippen molar-refractivity contribution in [3.8, 4) is 0 Å². The molecule has 2 saturated heterocycles. The van der Waals surface area contributed by atoms with Crippen molar-refractivity contribution < 1.29 is 19.1 Å². The van der Waals surface area contributed by atoms with E-state index in [1.807, 2.05) is 4.90 Å². The molecule has 2 aliphatic heterocycles. The Kier molecular flexibility index (Phi) is 6.85. The monoisotopic (exact) mass is 392 g/mol. The van der Waals surface area contributed by atoms with E-state index in [2.05, 4.69) is 0 Å². The molecule has 1 aromatic carbocycles. The zero-order valence-corrected chi connectivity index (χ0v) is 16.1. The van der Waals surface area contributed by atoms with Crippen LogP contribution in [0.5, 0.6) is 0 Å². The molecule has 27 heavy (non-hydrogen) atoms. The average molecular weight is 393 g/mol. The second kappa shape index (κ2) is 9.33. The normalized spacial score (nSPS) is 18.4. The third-order valence-electron chi connectivity index (χ3n) is 5.23. The number of hydrogen-bond donors (Lipinski definition) is 0. The highest BCUT2D eigenvalue weighted by molar-refractivity contribution is 6.31. The van der Waals surface area contributed by atoms with Gasteiger partial charge in [-0.05, 0) is 25.0 Å². The first-order valence-electron chi connectivity index (χ1n) is 9.47. The van der Waals surface area contributed by atoms with Gasteiger partial charge in [-0.1, -0.05) is 23.7 Å². The number of benzene rings is 1. The topological polar surface area (TPSA) is 66.9 Å². The van der Waals surface area contributed by atoms with Gasteiger partial charge in [0, 0.05) is 55.5 Å². The minimum Gasteiger partial charge on any atom is -0.378 e. The van der Waals surface area contributed by atoms with E-state index in [1.165, 1.54) is 0 Å². The predicted octanol–water partition coefficient (Wildman–Crippen LogP) is 2.40. The van der Waals surface area contributed by atoms with Crippen molar-refractivity contribution in [1.82, 2.24) is 9.80 Å². The van der Waals surface area contributed by atoms with Gasteiger partial charge in [-0.3, -0.25) is 14.4 Å². The lowest BCUT2D eigenvalue weighted by atomic mass is 9.94. The summed E-state index contributed by atoms with van der Waals surface area (Å²) >= 11 is 5.90. The Morgan fingerprint density at radius 3 is 2.37 bits per heavy atom. The lowest BCUT2D eigenvalue weighted by molar-refractivity contribution is -0.143. The van der Waals surface area contributed by atoms with E-state index >= 15 is 0 Å². The standard InChI is InChI=1S/C20H25ClN2O4/c21-17-3-1-2-16(14-17)18(24)4-5-19(25)22-8-6-15(7-9-22)20(26)23-10-12-27-13-11-23/h1-3,14-15H,4-13H2. The van der Waals surface area contributed by atoms with Gasteiger partial charge in [-0.2, -0.15) is 0 Å². The number of rotatable bonds is 5. The number of ether oxygens (including phenoxy) is 1. The summed E-state index contributed by atoms with van der Waals surface area (Å²) in [6, 6.07) is 6.78. The molecule has 0 aromatic heterocycles. The Morgan fingerprint density at radius 1 is 1.00 bits per heavy atom. The van der Waals surface area contributed by atoms with Crippen molar-refractivity contribution in [3.05, 3.63) is 34.9 Å². The minimum absolute atomic E-state index is 0.0137. The van der Waals surface area contributed by atoms with Crippen LogP contribution < -0.4 is 0 Å². The summed E-state index contributed by atoms with van der Waals surface area (Å²) in [7, 11) is 0. The highest BCUT2D eigenvalue weighted by Gasteiger charge is 2.30. The first-order valence-corrected chi connectivity index (χ1v) is 9.85. The number of piperidine rings is 1. The fourth-order valence-electron chi connectivity index (χ4n) is 3.60. The summed E-state index contributed by atoms with van der Waals surface area (Å²) in [5.74, 6) is 0.0626. The van der Waals surface area contributed by atoms with Crippen molar-refractivity contribution in [1.29, 1.82) is 0 Å². The first kappa shape index (κ1) is 19.8. The SMILES string of the molecule is O=C(CCC(=O)N1CCC(C(=O)N2CCOCC2)CC1)c1cccc(Cl)c1. The number of ketones is 1. The number of carbonyl (C=O) groups excluding carboxylic acids is 3. The smallest absolute Gasteiger partial charge is 0.225 e. The summed E-state index contributed by atoms with van der Waals surface area (Å²) in [5.41, 5.74) is 0.533. The largest absolute Gasteiger partial charge is 0.378 e. The van der Waals surface area contributed by atoms with Crippen LogP contribution >= 0.6 is 11.6 Å². The maximum atomic E-state index is 12.5. The molecular weight excluding hydrogens is 368 g/mol. The van der Waals surface area contributed by atoms with E-state index in [9.17, 15) is 14.4 Å². The highest BCUT2D eigenvalue weighted by atomic mass is 35.5. The van der Waals surface area contributed by atoms with Crippen LogP contribution in [-0.2, 0) is 14.3 Å². The molecule has 0 spiro atoms. The predicted molar refractivity (Wildman–Crippen MR) is 102 cm³/mol. The number of Topliss-reactive ketones (excluding diaryl/α,β-unsaturated/α-hetero) is 1. The van der Waals surface area contributed by atoms with E-state index in [0.717, 1.165) is 0 Å². The fraction of sp³-hybridized carbons (Fsp3) is 0.550. The molecule has 0 bridgehead atoms. The quantitative estimate of drug-likeness (QED) is 0.722. The summed E-state index contributed by atoms with van der Waals surface area (Å²) in [6.07, 6.45) is 1.73. The summed E-state index contributed by atoms with van der Waals surface area (Å²) in [5, 5.41) is 0.513. The molecule has 6 nitrogen and oxygen atoms in total. The Hall–Kier alpha value is -1.92. The zero-order valence-electron chi connectivity index (χ0n) is 15.4. The van der Waals surface area contributed by atoms with Gasteiger partial charge in [0.1, 0.15) is 0 Å². The van der Waals surface area contributed by atoms with Crippen LogP contribution in [0.3, 0.4) is 0 Å². The van der Waals surface area contributed by atoms with Gasteiger partial charge in [0.15, 0.2) is 5.78 Å². The van der Waals surface area contributed by atoms with Crippen molar-refractivity contribution in [2.24, 2.45) is 5.92 Å². The number of morpholine rings is 1. The first-order chi connectivity index (χ1) is 13.0. The van der Waals surface area contributed by atoms with Crippen LogP contribution in [0.15, 0.2) is 24.3 Å². The zero-order chi connectivity index (χ0) is 19.2. The lowest BCUT2D eigenvalue weighted by Crippen LogP contribution is -2.47. The van der Waals surface area contributed by atoms with E-state index in [4.69, 9.17) is 16.3 Å². The van der Waals surface area contributed by atoms with E-state index < -0.39 is 0 Å². The Bertz CT molecular complexity index is 695. The van der Waals surface area contributed by atoms with E-state index in [0.29, 0.717) is 62.8 Å². The second-order valence-corrected chi connectivity index (χ2v) is 7.46. The molecule has 2 heterocycles. The average Bonchev–Trinajstić information content (AvgIpc) is 2.72. The Morgan fingerprint density at radius 2 is 1.70 bits per heavy atom. The molecule has 2 fully saturated rings. The number of halogens is 1. The van der Waals surface area contributed by atoms with E-state index in [-0.39, 0.29) is 36.4 Å². The van der Waals surface area contributed by atoms with Crippen LogP contribution in [0.25, 0.3) is 0 Å². The molecule has 0 unspecified atom stereocenters. The summed E-state index contributed by atoms with van der Waals surface area (Å²) < 4.78 is 5.29. The molecule has 146 valence electrons. The van der Waals surface area contributed by atoms with Crippen molar-refractivity contribution >= 4 is 29.2 Å². The number of likely N-dealkylation sites (tertiary alicyclic amines) is 1. The molecule has 1 aromatic rings. The Balaban J connectivity index is 1.43. The van der Waals surface area contributed by atoms with Gasteiger partial charge in [0.25, 0.3) is 0 Å². The molecule has 0 atom stereocenters. The van der Waals surface area contributed by atoms with Crippen molar-refractivity contribution in [2.45, 2.75) is 25.7 Å². The molecule has 0 N–H and O–H groups in total. The highest BCUT2D eigenvalue weighted by Crippen LogP contribution is 2.21. The number of amides is 2. The molecule has 7 heteroatoms. The van der Waals surface area contributed by atoms with Gasteiger partial charge in [0.2, 0.25) is 11.8 Å². The van der Waals surface area contributed by atoms with Crippen LogP contribution in [0.2, 0.25) is 5.02 Å². The van der Waals surface area contributed by atoms with Crippen LogP contribution in [0.1, 0.15) is 36.0 Å². The summed E-state index contributed by atoms with van der Waals surface area (Å²) in [4.78, 5) is 40.8. The minimum atomic E-state index is -0.0803. The van der Waals surface area contributed by atoms with Crippen LogP contribution in [-0.4, -0.2) is 66.8 Å². The van der Waals surface area contributed by atoms with Gasteiger partial charge in [-0.25, -0.2) is 0 Å². The lowest BCUT2D eigenvalue weighted by Gasteiger charge is -2.35. The van der Waals surface area contributed by atoms with Gasteiger partial charge < -0.3 is 14.5 Å². The van der Waals surface area contributed by atoms with Crippen LogP contribution in [0.4, 0.5) is 0 Å². The Labute approximate surface area is 164 Å². The molecule has 2 amide bonds. The van der Waals surface area contributed by atoms with Crippen molar-refractivity contribution in [2.75, 3.05) is 39.4 Å². The fourth-order valence-corrected chi connectivity index (χ4v) is 3.79. The molecule has 2 aliphatic rings. The molecular formula is C20H25ClN2O4. The van der Waals surface area contributed by atoms with Gasteiger partial charge >= 0.3 is 0 Å². The van der Waals surface area contributed by atoms with E-state index in [1.54, 1.807) is 29.2 Å². The molecule has 0 saturated carbocycles. The maximum absolute atomic E-state index is 12.5. The number of carbonyl (C=O) groups is 3. The van der Waals surface area contributed by atoms with Crippen LogP contribution in [0, 0.1) is 5.92 Å². The number of nitrogens with zero attached hydrogens (tertiary/aromatic N) is 2. The van der Waals surface area contributed by atoms with Gasteiger partial charge in [-0.15, -0.1) is 0 Å². The number of hydrogen-bond acceptors (Lipinski definition) is 4. The third-order valence-corrected chi connectivity index (χ3v) is 5.47. The molecule has 3 rings (SSSR count). The van der Waals surface area contributed by atoms with Crippen molar-refractivity contribution in [3.63, 3.8) is 0 Å². The van der Waals surface area contributed by atoms with Gasteiger partial charge in [0.05, 0.1) is 13.2 Å². The summed E-state index contributed by atoms with van der Waals surface area (Å²) in [6.45, 7) is 3.66. The molecule has 0 radical (unpaired) electrons.